The number of rotatable bonds is 1. The van der Waals surface area contributed by atoms with Gasteiger partial charge in [0, 0.05) is 11.5 Å². The minimum absolute atomic E-state index is 0.0156. The predicted octanol–water partition coefficient (Wildman–Crippen LogP) is 4.38. The van der Waals surface area contributed by atoms with Gasteiger partial charge in [-0.1, -0.05) is 47.0 Å². The molecule has 4 heterocycles. The van der Waals surface area contributed by atoms with Crippen molar-refractivity contribution in [3.8, 4) is 0 Å². The summed E-state index contributed by atoms with van der Waals surface area (Å²) < 4.78 is 17.6. The van der Waals surface area contributed by atoms with Crippen LogP contribution in [0.4, 0.5) is 0 Å². The van der Waals surface area contributed by atoms with E-state index in [0.717, 1.165) is 13.2 Å². The van der Waals surface area contributed by atoms with Gasteiger partial charge < -0.3 is 9.47 Å². The molecule has 0 radical (unpaired) electrons. The normalized spacial score (nSPS) is 30.0. The molecule has 0 aromatic carbocycles. The van der Waals surface area contributed by atoms with Crippen molar-refractivity contribution in [1.29, 1.82) is 0 Å². The van der Waals surface area contributed by atoms with Crippen LogP contribution in [-0.2, 0) is 9.47 Å². The molecule has 0 atom stereocenters. The zero-order valence-corrected chi connectivity index (χ0v) is 14.1. The summed E-state index contributed by atoms with van der Waals surface area (Å²) in [6.45, 7) is 1.49. The largest absolute Gasteiger partial charge is 0.348 e. The molecule has 2 saturated heterocycles. The molecule has 0 amide bonds. The summed E-state index contributed by atoms with van der Waals surface area (Å²) in [5, 5.41) is 0. The maximum atomic E-state index is 5.60. The highest BCUT2D eigenvalue weighted by atomic mass is 32.3. The van der Waals surface area contributed by atoms with Crippen molar-refractivity contribution < 1.29 is 9.47 Å². The van der Waals surface area contributed by atoms with Crippen LogP contribution in [0.1, 0.15) is 0 Å². The van der Waals surface area contributed by atoms with Crippen molar-refractivity contribution in [1.82, 2.24) is 0 Å². The molecule has 0 aromatic heterocycles. The van der Waals surface area contributed by atoms with Gasteiger partial charge in [0.2, 0.25) is 0 Å². The van der Waals surface area contributed by atoms with Crippen molar-refractivity contribution in [2.75, 3.05) is 24.7 Å². The summed E-state index contributed by atoms with van der Waals surface area (Å²) in [6.07, 6.45) is -0.0156. The molecule has 4 rings (SSSR count). The van der Waals surface area contributed by atoms with Crippen molar-refractivity contribution in [2.24, 2.45) is 0 Å². The highest BCUT2D eigenvalue weighted by Gasteiger charge is 2.40. The molecule has 8 heteroatoms. The fraction of sp³-hybridized carbons (Fsp3) is 0.600. The van der Waals surface area contributed by atoms with Gasteiger partial charge in [0.05, 0.1) is 30.2 Å². The maximum absolute atomic E-state index is 5.60. The zero-order chi connectivity index (χ0) is 11.9. The first-order valence-electron chi connectivity index (χ1n) is 5.56. The van der Waals surface area contributed by atoms with Gasteiger partial charge in [0.1, 0.15) is 4.58 Å². The van der Waals surface area contributed by atoms with Crippen molar-refractivity contribution in [2.45, 2.75) is 10.9 Å². The average Bonchev–Trinajstić information content (AvgIpc) is 3.13. The van der Waals surface area contributed by atoms with E-state index in [-0.39, 0.29) is 6.29 Å². The number of hydrogen-bond donors (Lipinski definition) is 0. The molecule has 0 saturated carbocycles. The molecular formula is C10H10O2S6. The molecule has 0 spiro atoms. The van der Waals surface area contributed by atoms with Crippen LogP contribution in [0.5, 0.6) is 0 Å². The monoisotopic (exact) mass is 354 g/mol. The lowest BCUT2D eigenvalue weighted by molar-refractivity contribution is -0.0271. The molecule has 0 N–H and O–H groups in total. The number of hydrogen-bond acceptors (Lipinski definition) is 8. The van der Waals surface area contributed by atoms with Crippen LogP contribution >= 0.6 is 70.6 Å². The number of thioether (sulfide) groups is 6. The molecule has 98 valence electrons. The summed E-state index contributed by atoms with van der Waals surface area (Å²) in [5.41, 5.74) is 0. The topological polar surface area (TPSA) is 18.5 Å². The summed E-state index contributed by atoms with van der Waals surface area (Å²) >= 11 is 11.8. The van der Waals surface area contributed by atoms with Crippen molar-refractivity contribution in [3.05, 3.63) is 16.9 Å². The van der Waals surface area contributed by atoms with Crippen LogP contribution in [0.15, 0.2) is 16.9 Å². The van der Waals surface area contributed by atoms with E-state index in [1.807, 2.05) is 70.6 Å². The number of ether oxygens (including phenoxy) is 2. The first kappa shape index (κ1) is 13.2. The smallest absolute Gasteiger partial charge is 0.179 e. The fourth-order valence-corrected chi connectivity index (χ4v) is 11.6. The Balaban J connectivity index is 1.42. The molecule has 2 fully saturated rings. The van der Waals surface area contributed by atoms with Crippen molar-refractivity contribution >= 4 is 70.6 Å². The molecule has 2 nitrogen and oxygen atoms in total. The predicted molar refractivity (Wildman–Crippen MR) is 88.8 cm³/mol. The Hall–Kier alpha value is 1.50. The highest BCUT2D eigenvalue weighted by molar-refractivity contribution is 8.47. The van der Waals surface area contributed by atoms with Crippen LogP contribution < -0.4 is 0 Å². The maximum Gasteiger partial charge on any atom is 0.179 e. The lowest BCUT2D eigenvalue weighted by Gasteiger charge is -2.16. The Kier molecular flexibility index (Phi) is 4.18. The minimum atomic E-state index is -0.0156. The SMILES string of the molecule is C1COC(C2SC3=C(SC(=C4SCCS4)S3)S2)O1. The Morgan fingerprint density at radius 3 is 2.00 bits per heavy atom. The zero-order valence-electron chi connectivity index (χ0n) is 9.25. The standard InChI is InChI=1S/C10H10O2S6/c1-2-12-5(11-1)6-15-9-10(16-6)18-8(17-9)7-13-3-4-14-7/h5-6H,1-4H2. The van der Waals surface area contributed by atoms with Gasteiger partial charge in [-0.15, -0.1) is 23.5 Å². The molecular weight excluding hydrogens is 345 g/mol. The molecule has 0 aromatic rings. The van der Waals surface area contributed by atoms with E-state index in [1.165, 1.54) is 28.5 Å². The van der Waals surface area contributed by atoms with Gasteiger partial charge in [-0.25, -0.2) is 0 Å². The van der Waals surface area contributed by atoms with Crippen LogP contribution in [-0.4, -0.2) is 35.6 Å². The highest BCUT2D eigenvalue weighted by Crippen LogP contribution is 2.67. The van der Waals surface area contributed by atoms with Gasteiger partial charge in [-0.3, -0.25) is 0 Å². The van der Waals surface area contributed by atoms with Crippen molar-refractivity contribution in [3.63, 3.8) is 0 Å². The van der Waals surface area contributed by atoms with Gasteiger partial charge >= 0.3 is 0 Å². The van der Waals surface area contributed by atoms with Gasteiger partial charge in [0.15, 0.2) is 6.29 Å². The molecule has 4 aliphatic heterocycles. The average molecular weight is 355 g/mol. The first-order chi connectivity index (χ1) is 8.90. The fourth-order valence-electron chi connectivity index (χ4n) is 1.81. The van der Waals surface area contributed by atoms with Crippen LogP contribution in [0, 0.1) is 0 Å². The Morgan fingerprint density at radius 1 is 0.778 bits per heavy atom. The van der Waals surface area contributed by atoms with Gasteiger partial charge in [0.25, 0.3) is 0 Å². The Morgan fingerprint density at radius 2 is 1.39 bits per heavy atom. The lowest BCUT2D eigenvalue weighted by atomic mass is 10.7. The van der Waals surface area contributed by atoms with Crippen LogP contribution in [0.2, 0.25) is 0 Å². The summed E-state index contributed by atoms with van der Waals surface area (Å²) in [4.78, 5) is 0. The van der Waals surface area contributed by atoms with E-state index >= 15 is 0 Å². The first-order valence-corrected chi connectivity index (χ1v) is 10.9. The Labute approximate surface area is 132 Å². The van der Waals surface area contributed by atoms with Gasteiger partial charge in [-0.2, -0.15) is 0 Å². The van der Waals surface area contributed by atoms with E-state index in [9.17, 15) is 0 Å². The molecule has 0 bridgehead atoms. The lowest BCUT2D eigenvalue weighted by Crippen LogP contribution is -2.19. The van der Waals surface area contributed by atoms with E-state index in [4.69, 9.17) is 9.47 Å². The van der Waals surface area contributed by atoms with E-state index in [1.54, 1.807) is 0 Å². The second-order valence-electron chi connectivity index (χ2n) is 3.76. The molecule has 0 unspecified atom stereocenters. The Bertz CT molecular complexity index is 400. The molecule has 18 heavy (non-hydrogen) atoms. The summed E-state index contributed by atoms with van der Waals surface area (Å²) in [7, 11) is 0. The van der Waals surface area contributed by atoms with E-state index in [2.05, 4.69) is 0 Å². The van der Waals surface area contributed by atoms with E-state index in [0.29, 0.717) is 4.58 Å². The third kappa shape index (κ3) is 2.52. The van der Waals surface area contributed by atoms with Gasteiger partial charge in [-0.05, 0) is 0 Å². The van der Waals surface area contributed by atoms with E-state index < -0.39 is 0 Å². The second-order valence-corrected chi connectivity index (χ2v) is 11.7. The second kappa shape index (κ2) is 5.71. The minimum Gasteiger partial charge on any atom is -0.348 e. The summed E-state index contributed by atoms with van der Waals surface area (Å²) in [6, 6.07) is 0. The third-order valence-electron chi connectivity index (χ3n) is 2.57. The van der Waals surface area contributed by atoms with Crippen LogP contribution in [0.25, 0.3) is 0 Å². The molecule has 4 aliphatic rings. The third-order valence-corrected chi connectivity index (χ3v) is 11.8. The molecule has 0 aliphatic carbocycles. The van der Waals surface area contributed by atoms with Crippen LogP contribution in [0.3, 0.4) is 0 Å². The summed E-state index contributed by atoms with van der Waals surface area (Å²) in [5.74, 6) is 2.53. The quantitative estimate of drug-likeness (QED) is 0.682.